The zero-order valence-electron chi connectivity index (χ0n) is 9.14. The number of nitrogens with zero attached hydrogens (tertiary/aromatic N) is 3. The molecule has 0 radical (unpaired) electrons. The fourth-order valence-corrected chi connectivity index (χ4v) is 1.80. The molecule has 1 N–H and O–H groups in total. The fraction of sp³-hybridized carbons (Fsp3) is 0.273. The number of hydrogen-bond acceptors (Lipinski definition) is 3. The smallest absolute Gasteiger partial charge is 0.125 e. The molecule has 2 rings (SSSR count). The van der Waals surface area contributed by atoms with E-state index in [1.165, 1.54) is 18.2 Å². The zero-order chi connectivity index (χ0) is 12.4. The third-order valence-corrected chi connectivity index (χ3v) is 2.54. The van der Waals surface area contributed by atoms with Gasteiger partial charge in [-0.2, -0.15) is 0 Å². The molecular formula is C11H11ClFN3O. The van der Waals surface area contributed by atoms with Gasteiger partial charge in [-0.25, -0.2) is 4.39 Å². The first kappa shape index (κ1) is 12.0. The van der Waals surface area contributed by atoms with Crippen LogP contribution in [-0.2, 0) is 13.5 Å². The summed E-state index contributed by atoms with van der Waals surface area (Å²) in [7, 11) is 1.74. The molecule has 0 fully saturated rings. The van der Waals surface area contributed by atoms with Crippen LogP contribution in [0.4, 0.5) is 4.39 Å². The summed E-state index contributed by atoms with van der Waals surface area (Å²) < 4.78 is 14.6. The van der Waals surface area contributed by atoms with Crippen LogP contribution in [0.3, 0.4) is 0 Å². The average molecular weight is 256 g/mol. The minimum Gasteiger partial charge on any atom is -0.388 e. The highest BCUT2D eigenvalue weighted by Crippen LogP contribution is 2.22. The lowest BCUT2D eigenvalue weighted by atomic mass is 10.1. The number of aliphatic hydroxyl groups is 1. The predicted molar refractivity (Wildman–Crippen MR) is 61.1 cm³/mol. The highest BCUT2D eigenvalue weighted by molar-refractivity contribution is 6.30. The van der Waals surface area contributed by atoms with Gasteiger partial charge in [-0.1, -0.05) is 16.8 Å². The van der Waals surface area contributed by atoms with Crippen LogP contribution in [0.5, 0.6) is 0 Å². The highest BCUT2D eigenvalue weighted by atomic mass is 35.5. The molecule has 17 heavy (non-hydrogen) atoms. The maximum absolute atomic E-state index is 13.1. The van der Waals surface area contributed by atoms with E-state index in [0.717, 1.165) is 0 Å². The lowest BCUT2D eigenvalue weighted by Crippen LogP contribution is -2.02. The van der Waals surface area contributed by atoms with Crippen molar-refractivity contribution in [1.82, 2.24) is 15.0 Å². The van der Waals surface area contributed by atoms with Crippen LogP contribution in [0.15, 0.2) is 24.4 Å². The van der Waals surface area contributed by atoms with Crippen molar-refractivity contribution in [3.05, 3.63) is 46.5 Å². The Morgan fingerprint density at radius 1 is 1.47 bits per heavy atom. The molecule has 1 aromatic carbocycles. The maximum Gasteiger partial charge on any atom is 0.125 e. The second-order valence-corrected chi connectivity index (χ2v) is 4.24. The Morgan fingerprint density at radius 3 is 2.82 bits per heavy atom. The van der Waals surface area contributed by atoms with E-state index in [0.29, 0.717) is 11.3 Å². The largest absolute Gasteiger partial charge is 0.388 e. The van der Waals surface area contributed by atoms with Crippen LogP contribution in [0.1, 0.15) is 17.4 Å². The molecule has 1 unspecified atom stereocenters. The molecule has 2 aromatic rings. The van der Waals surface area contributed by atoms with E-state index in [1.807, 2.05) is 0 Å². The monoisotopic (exact) mass is 255 g/mol. The minimum atomic E-state index is -0.847. The van der Waals surface area contributed by atoms with E-state index in [1.54, 1.807) is 17.9 Å². The summed E-state index contributed by atoms with van der Waals surface area (Å²) in [6.45, 7) is 0. The lowest BCUT2D eigenvalue weighted by molar-refractivity contribution is 0.176. The summed E-state index contributed by atoms with van der Waals surface area (Å²) in [5, 5.41) is 17.8. The third-order valence-electron chi connectivity index (χ3n) is 2.32. The maximum atomic E-state index is 13.1. The van der Waals surface area contributed by atoms with Crippen molar-refractivity contribution in [1.29, 1.82) is 0 Å². The Balaban J connectivity index is 2.16. The van der Waals surface area contributed by atoms with E-state index in [4.69, 9.17) is 11.6 Å². The van der Waals surface area contributed by atoms with Gasteiger partial charge in [0, 0.05) is 24.7 Å². The molecule has 4 nitrogen and oxygen atoms in total. The number of aryl methyl sites for hydroxylation is 1. The van der Waals surface area contributed by atoms with Crippen LogP contribution < -0.4 is 0 Å². The summed E-state index contributed by atoms with van der Waals surface area (Å²) in [4.78, 5) is 0. The van der Waals surface area contributed by atoms with Crippen molar-refractivity contribution in [2.45, 2.75) is 12.5 Å². The van der Waals surface area contributed by atoms with Crippen LogP contribution >= 0.6 is 11.6 Å². The highest BCUT2D eigenvalue weighted by Gasteiger charge is 2.12. The molecule has 0 aliphatic heterocycles. The summed E-state index contributed by atoms with van der Waals surface area (Å²) in [5.41, 5.74) is 1.07. The predicted octanol–water partition coefficient (Wildman–Crippen LogP) is 1.88. The van der Waals surface area contributed by atoms with E-state index in [-0.39, 0.29) is 11.4 Å². The molecule has 0 aliphatic rings. The van der Waals surface area contributed by atoms with E-state index in [9.17, 15) is 9.50 Å². The topological polar surface area (TPSA) is 50.9 Å². The van der Waals surface area contributed by atoms with Gasteiger partial charge in [0.05, 0.1) is 11.8 Å². The van der Waals surface area contributed by atoms with Gasteiger partial charge < -0.3 is 5.11 Å². The van der Waals surface area contributed by atoms with E-state index >= 15 is 0 Å². The van der Waals surface area contributed by atoms with Gasteiger partial charge in [0.1, 0.15) is 5.82 Å². The Labute approximate surface area is 103 Å². The second kappa shape index (κ2) is 4.81. The van der Waals surface area contributed by atoms with Crippen molar-refractivity contribution in [3.8, 4) is 0 Å². The second-order valence-electron chi connectivity index (χ2n) is 3.81. The molecular weight excluding hydrogens is 245 g/mol. The van der Waals surface area contributed by atoms with Crippen molar-refractivity contribution in [2.75, 3.05) is 0 Å². The van der Waals surface area contributed by atoms with Crippen molar-refractivity contribution in [3.63, 3.8) is 0 Å². The van der Waals surface area contributed by atoms with Crippen LogP contribution in [0, 0.1) is 5.82 Å². The molecule has 0 bridgehead atoms. The van der Waals surface area contributed by atoms with E-state index in [2.05, 4.69) is 10.3 Å². The molecule has 0 saturated carbocycles. The molecule has 1 aromatic heterocycles. The number of aromatic nitrogens is 3. The number of aliphatic hydroxyl groups excluding tert-OH is 1. The summed E-state index contributed by atoms with van der Waals surface area (Å²) in [6.07, 6.45) is 1.12. The SMILES string of the molecule is Cn1cc(CC(O)c2cc(F)cc(Cl)c2)nn1. The van der Waals surface area contributed by atoms with E-state index < -0.39 is 11.9 Å². The van der Waals surface area contributed by atoms with Gasteiger partial charge >= 0.3 is 0 Å². The Kier molecular flexibility index (Phi) is 3.40. The van der Waals surface area contributed by atoms with Crippen molar-refractivity contribution in [2.24, 2.45) is 7.05 Å². The Bertz CT molecular complexity index is 509. The lowest BCUT2D eigenvalue weighted by Gasteiger charge is -2.09. The van der Waals surface area contributed by atoms with Crippen LogP contribution in [0.2, 0.25) is 5.02 Å². The average Bonchev–Trinajstić information content (AvgIpc) is 2.62. The van der Waals surface area contributed by atoms with Gasteiger partial charge in [-0.15, -0.1) is 5.10 Å². The standard InChI is InChI=1S/C11H11ClFN3O/c1-16-6-10(14-15-16)5-11(17)7-2-8(12)4-9(13)3-7/h2-4,6,11,17H,5H2,1H3. The summed E-state index contributed by atoms with van der Waals surface area (Å²) in [5.74, 6) is -0.467. The van der Waals surface area contributed by atoms with Crippen LogP contribution in [-0.4, -0.2) is 20.1 Å². The number of benzene rings is 1. The first-order valence-corrected chi connectivity index (χ1v) is 5.41. The van der Waals surface area contributed by atoms with Gasteiger partial charge in [0.2, 0.25) is 0 Å². The normalized spacial score (nSPS) is 12.7. The van der Waals surface area contributed by atoms with Gasteiger partial charge in [0.15, 0.2) is 0 Å². The number of halogens is 2. The quantitative estimate of drug-likeness (QED) is 0.911. The molecule has 1 atom stereocenters. The Hall–Kier alpha value is -1.46. The fourth-order valence-electron chi connectivity index (χ4n) is 1.57. The number of hydrogen-bond donors (Lipinski definition) is 1. The first-order valence-electron chi connectivity index (χ1n) is 5.04. The van der Waals surface area contributed by atoms with Crippen molar-refractivity contribution >= 4 is 11.6 Å². The van der Waals surface area contributed by atoms with Gasteiger partial charge in [0.25, 0.3) is 0 Å². The van der Waals surface area contributed by atoms with Gasteiger partial charge in [-0.05, 0) is 23.8 Å². The molecule has 90 valence electrons. The van der Waals surface area contributed by atoms with Crippen molar-refractivity contribution < 1.29 is 9.50 Å². The molecule has 0 aliphatic carbocycles. The molecule has 0 amide bonds. The van der Waals surface area contributed by atoms with Gasteiger partial charge in [-0.3, -0.25) is 4.68 Å². The molecule has 0 spiro atoms. The zero-order valence-corrected chi connectivity index (χ0v) is 9.89. The minimum absolute atomic E-state index is 0.262. The summed E-state index contributed by atoms with van der Waals surface area (Å²) in [6, 6.07) is 3.98. The molecule has 6 heteroatoms. The Morgan fingerprint density at radius 2 is 2.24 bits per heavy atom. The molecule has 0 saturated heterocycles. The third kappa shape index (κ3) is 3.01. The first-order chi connectivity index (χ1) is 8.04. The summed E-state index contributed by atoms with van der Waals surface area (Å²) >= 11 is 5.72. The van der Waals surface area contributed by atoms with Crippen LogP contribution in [0.25, 0.3) is 0 Å². The molecule has 1 heterocycles. The number of rotatable bonds is 3.